The molecule has 18 heavy (non-hydrogen) atoms. The smallest absolute Gasteiger partial charge is 0.129 e. The van der Waals surface area contributed by atoms with Crippen molar-refractivity contribution in [3.63, 3.8) is 0 Å². The molecule has 0 aliphatic rings. The summed E-state index contributed by atoms with van der Waals surface area (Å²) < 4.78 is 26.7. The van der Waals surface area contributed by atoms with Crippen LogP contribution in [0.25, 0.3) is 0 Å². The molecule has 1 aromatic carbocycles. The molecule has 1 aromatic heterocycles. The van der Waals surface area contributed by atoms with Crippen molar-refractivity contribution in [1.29, 1.82) is 0 Å². The van der Waals surface area contributed by atoms with E-state index in [0.29, 0.717) is 12.1 Å². The van der Waals surface area contributed by atoms with E-state index in [0.717, 1.165) is 23.8 Å². The molecule has 0 fully saturated rings. The van der Waals surface area contributed by atoms with Gasteiger partial charge in [-0.2, -0.15) is 0 Å². The second-order valence-corrected chi connectivity index (χ2v) is 3.97. The molecule has 0 saturated heterocycles. The van der Waals surface area contributed by atoms with Crippen LogP contribution in [0.15, 0.2) is 36.5 Å². The highest BCUT2D eigenvalue weighted by atomic mass is 19.1. The van der Waals surface area contributed by atoms with Crippen LogP contribution in [0, 0.1) is 11.6 Å². The number of hydrogen-bond donors (Lipinski definition) is 1. The molecule has 2 rings (SSSR count). The fourth-order valence-corrected chi connectivity index (χ4v) is 1.87. The zero-order valence-corrected chi connectivity index (χ0v) is 9.90. The van der Waals surface area contributed by atoms with Gasteiger partial charge < -0.3 is 5.11 Å². The van der Waals surface area contributed by atoms with E-state index in [2.05, 4.69) is 4.98 Å². The van der Waals surface area contributed by atoms with Gasteiger partial charge in [0.2, 0.25) is 0 Å². The number of halogens is 2. The first-order chi connectivity index (χ1) is 8.63. The SMILES string of the molecule is CCc1cccnc1C(O)c1cc(F)ccc1F. The highest BCUT2D eigenvalue weighted by molar-refractivity contribution is 5.32. The van der Waals surface area contributed by atoms with E-state index < -0.39 is 17.7 Å². The summed E-state index contributed by atoms with van der Waals surface area (Å²) in [5, 5.41) is 10.1. The van der Waals surface area contributed by atoms with Gasteiger partial charge >= 0.3 is 0 Å². The lowest BCUT2D eigenvalue weighted by Gasteiger charge is -2.14. The van der Waals surface area contributed by atoms with Crippen LogP contribution in [0.3, 0.4) is 0 Å². The second kappa shape index (κ2) is 5.23. The maximum absolute atomic E-state index is 13.6. The third kappa shape index (κ3) is 2.38. The van der Waals surface area contributed by atoms with Crippen molar-refractivity contribution >= 4 is 0 Å². The first-order valence-corrected chi connectivity index (χ1v) is 5.70. The summed E-state index contributed by atoms with van der Waals surface area (Å²) in [6, 6.07) is 6.57. The Morgan fingerprint density at radius 1 is 1.28 bits per heavy atom. The van der Waals surface area contributed by atoms with Crippen molar-refractivity contribution in [1.82, 2.24) is 4.98 Å². The summed E-state index contributed by atoms with van der Waals surface area (Å²) in [5.74, 6) is -1.23. The number of aliphatic hydroxyl groups excluding tert-OH is 1. The number of pyridine rings is 1. The molecule has 1 heterocycles. The van der Waals surface area contributed by atoms with Crippen LogP contribution in [0.4, 0.5) is 8.78 Å². The standard InChI is InChI=1S/C14H13F2NO/c1-2-9-4-3-7-17-13(9)14(18)11-8-10(15)5-6-12(11)16/h3-8,14,18H,2H2,1H3. The summed E-state index contributed by atoms with van der Waals surface area (Å²) in [6.45, 7) is 1.91. The van der Waals surface area contributed by atoms with Gasteiger partial charge in [0.1, 0.15) is 17.7 Å². The molecule has 0 aliphatic carbocycles. The molecule has 2 aromatic rings. The molecule has 1 atom stereocenters. The van der Waals surface area contributed by atoms with E-state index in [1.807, 2.05) is 13.0 Å². The Labute approximate surface area is 104 Å². The van der Waals surface area contributed by atoms with E-state index in [9.17, 15) is 13.9 Å². The number of rotatable bonds is 3. The Balaban J connectivity index is 2.47. The molecule has 0 bridgehead atoms. The molecule has 0 amide bonds. The van der Waals surface area contributed by atoms with Crippen molar-refractivity contribution in [2.75, 3.05) is 0 Å². The lowest BCUT2D eigenvalue weighted by atomic mass is 10.0. The highest BCUT2D eigenvalue weighted by Crippen LogP contribution is 2.26. The molecule has 0 aliphatic heterocycles. The van der Waals surface area contributed by atoms with Crippen LogP contribution in [-0.4, -0.2) is 10.1 Å². The maximum atomic E-state index is 13.6. The summed E-state index contributed by atoms with van der Waals surface area (Å²) in [6.07, 6.45) is 0.934. The second-order valence-electron chi connectivity index (χ2n) is 3.97. The molecule has 94 valence electrons. The largest absolute Gasteiger partial charge is 0.382 e. The van der Waals surface area contributed by atoms with Gasteiger partial charge in [-0.25, -0.2) is 8.78 Å². The van der Waals surface area contributed by atoms with Crippen molar-refractivity contribution in [3.05, 3.63) is 65.0 Å². The van der Waals surface area contributed by atoms with Crippen LogP contribution in [0.1, 0.15) is 29.8 Å². The van der Waals surface area contributed by atoms with Crippen molar-refractivity contribution < 1.29 is 13.9 Å². The van der Waals surface area contributed by atoms with Crippen molar-refractivity contribution in [3.8, 4) is 0 Å². The van der Waals surface area contributed by atoms with Gasteiger partial charge in [-0.05, 0) is 36.2 Å². The van der Waals surface area contributed by atoms with Gasteiger partial charge in [0.05, 0.1) is 5.69 Å². The van der Waals surface area contributed by atoms with Gasteiger partial charge in [0.25, 0.3) is 0 Å². The Kier molecular flexibility index (Phi) is 3.67. The minimum absolute atomic E-state index is 0.0941. The molecule has 0 radical (unpaired) electrons. The van der Waals surface area contributed by atoms with Crippen LogP contribution in [0.2, 0.25) is 0 Å². The molecule has 2 nitrogen and oxygen atoms in total. The fraction of sp³-hybridized carbons (Fsp3) is 0.214. The average Bonchev–Trinajstić information content (AvgIpc) is 2.40. The zero-order chi connectivity index (χ0) is 13.1. The van der Waals surface area contributed by atoms with Crippen LogP contribution < -0.4 is 0 Å². The highest BCUT2D eigenvalue weighted by Gasteiger charge is 2.19. The van der Waals surface area contributed by atoms with E-state index in [-0.39, 0.29) is 5.56 Å². The first-order valence-electron chi connectivity index (χ1n) is 5.70. The van der Waals surface area contributed by atoms with Gasteiger partial charge in [-0.15, -0.1) is 0 Å². The Morgan fingerprint density at radius 3 is 2.78 bits per heavy atom. The summed E-state index contributed by atoms with van der Waals surface area (Å²) in [7, 11) is 0. The number of aryl methyl sites for hydroxylation is 1. The minimum atomic E-state index is -1.25. The fourth-order valence-electron chi connectivity index (χ4n) is 1.87. The monoisotopic (exact) mass is 249 g/mol. The normalized spacial score (nSPS) is 12.4. The number of nitrogens with zero attached hydrogens (tertiary/aromatic N) is 1. The van der Waals surface area contributed by atoms with E-state index >= 15 is 0 Å². The predicted octanol–water partition coefficient (Wildman–Crippen LogP) is 3.00. The maximum Gasteiger partial charge on any atom is 0.129 e. The first kappa shape index (κ1) is 12.6. The summed E-state index contributed by atoms with van der Waals surface area (Å²) in [4.78, 5) is 4.06. The number of hydrogen-bond acceptors (Lipinski definition) is 2. The third-order valence-electron chi connectivity index (χ3n) is 2.82. The molecule has 4 heteroatoms. The summed E-state index contributed by atoms with van der Waals surface area (Å²) >= 11 is 0. The number of aliphatic hydroxyl groups is 1. The third-order valence-corrected chi connectivity index (χ3v) is 2.82. The lowest BCUT2D eigenvalue weighted by Crippen LogP contribution is -2.08. The van der Waals surface area contributed by atoms with Gasteiger partial charge in [-0.1, -0.05) is 13.0 Å². The van der Waals surface area contributed by atoms with Gasteiger partial charge in [0.15, 0.2) is 0 Å². The molecule has 0 spiro atoms. The number of benzene rings is 1. The molecule has 1 N–H and O–H groups in total. The topological polar surface area (TPSA) is 33.1 Å². The van der Waals surface area contributed by atoms with Crippen molar-refractivity contribution in [2.45, 2.75) is 19.4 Å². The van der Waals surface area contributed by atoms with Crippen LogP contribution in [0.5, 0.6) is 0 Å². The van der Waals surface area contributed by atoms with Crippen LogP contribution >= 0.6 is 0 Å². The molecular weight excluding hydrogens is 236 g/mol. The van der Waals surface area contributed by atoms with Crippen molar-refractivity contribution in [2.24, 2.45) is 0 Å². The van der Waals surface area contributed by atoms with E-state index in [4.69, 9.17) is 0 Å². The average molecular weight is 249 g/mol. The van der Waals surface area contributed by atoms with Crippen LogP contribution in [-0.2, 0) is 6.42 Å². The quantitative estimate of drug-likeness (QED) is 0.907. The summed E-state index contributed by atoms with van der Waals surface area (Å²) in [5.41, 5.74) is 1.08. The number of aromatic nitrogens is 1. The molecular formula is C14H13F2NO. The zero-order valence-electron chi connectivity index (χ0n) is 9.90. The Hall–Kier alpha value is -1.81. The Bertz CT molecular complexity index is 557. The Morgan fingerprint density at radius 2 is 2.06 bits per heavy atom. The molecule has 0 saturated carbocycles. The van der Waals surface area contributed by atoms with Gasteiger partial charge in [0, 0.05) is 11.8 Å². The predicted molar refractivity (Wildman–Crippen MR) is 64.0 cm³/mol. The van der Waals surface area contributed by atoms with Gasteiger partial charge in [-0.3, -0.25) is 4.98 Å². The molecule has 1 unspecified atom stereocenters. The minimum Gasteiger partial charge on any atom is -0.382 e. The van der Waals surface area contributed by atoms with E-state index in [1.54, 1.807) is 6.07 Å². The van der Waals surface area contributed by atoms with E-state index in [1.165, 1.54) is 6.20 Å². The lowest BCUT2D eigenvalue weighted by molar-refractivity contribution is 0.208.